The highest BCUT2D eigenvalue weighted by atomic mass is 35.5. The van der Waals surface area contributed by atoms with E-state index in [2.05, 4.69) is 12.6 Å². The van der Waals surface area contributed by atoms with Crippen LogP contribution in [0.5, 0.6) is 5.75 Å². The summed E-state index contributed by atoms with van der Waals surface area (Å²) in [4.78, 5) is 0.590. The first-order chi connectivity index (χ1) is 9.77. The number of benzene rings is 2. The molecule has 0 fully saturated rings. The van der Waals surface area contributed by atoms with Crippen molar-refractivity contribution in [3.8, 4) is 5.75 Å². The Labute approximate surface area is 135 Å². The van der Waals surface area contributed by atoms with Crippen LogP contribution in [0.15, 0.2) is 41.3 Å². The maximum Gasteiger partial charge on any atom is 0.416 e. The summed E-state index contributed by atoms with van der Waals surface area (Å²) in [7, 11) is 0. The zero-order valence-corrected chi connectivity index (χ0v) is 12.8. The topological polar surface area (TPSA) is 9.23 Å². The fourth-order valence-electron chi connectivity index (χ4n) is 1.63. The largest absolute Gasteiger partial charge is 0.486 e. The lowest BCUT2D eigenvalue weighted by Gasteiger charge is -2.11. The quantitative estimate of drug-likeness (QED) is 0.678. The Balaban J connectivity index is 2.10. The van der Waals surface area contributed by atoms with Gasteiger partial charge < -0.3 is 4.74 Å². The molecule has 2 aromatic carbocycles. The fourth-order valence-corrected chi connectivity index (χ4v) is 2.64. The first-order valence-corrected chi connectivity index (χ1v) is 6.94. The second kappa shape index (κ2) is 6.38. The highest BCUT2D eigenvalue weighted by molar-refractivity contribution is 7.80. The number of hydrogen-bond acceptors (Lipinski definition) is 2. The van der Waals surface area contributed by atoms with Crippen LogP contribution in [0.4, 0.5) is 13.2 Å². The van der Waals surface area contributed by atoms with Gasteiger partial charge in [-0.15, -0.1) is 12.6 Å². The Morgan fingerprint density at radius 1 is 1.00 bits per heavy atom. The molecule has 7 heteroatoms. The second-order valence-electron chi connectivity index (χ2n) is 4.22. The summed E-state index contributed by atoms with van der Waals surface area (Å²) in [6.45, 7) is 0.0590. The average molecular weight is 353 g/mol. The van der Waals surface area contributed by atoms with Crippen LogP contribution in [0.25, 0.3) is 0 Å². The van der Waals surface area contributed by atoms with Gasteiger partial charge in [0.05, 0.1) is 15.6 Å². The molecule has 2 aromatic rings. The van der Waals surface area contributed by atoms with Crippen molar-refractivity contribution in [1.29, 1.82) is 0 Å². The molecule has 112 valence electrons. The number of ether oxygens (including phenoxy) is 1. The smallest absolute Gasteiger partial charge is 0.416 e. The summed E-state index contributed by atoms with van der Waals surface area (Å²) in [5.74, 6) is 0.274. The number of rotatable bonds is 3. The standard InChI is InChI=1S/C14H9Cl2F3OS/c15-11-5-10(21)6-12(16)13(11)20-7-8-1-3-9(4-2-8)14(17,18)19/h1-6,21H,7H2. The van der Waals surface area contributed by atoms with E-state index in [1.54, 1.807) is 12.1 Å². The highest BCUT2D eigenvalue weighted by Gasteiger charge is 2.29. The van der Waals surface area contributed by atoms with E-state index in [0.29, 0.717) is 20.5 Å². The van der Waals surface area contributed by atoms with E-state index in [9.17, 15) is 13.2 Å². The summed E-state index contributed by atoms with van der Waals surface area (Å²) in [5.41, 5.74) is -0.133. The lowest BCUT2D eigenvalue weighted by molar-refractivity contribution is -0.137. The highest BCUT2D eigenvalue weighted by Crippen LogP contribution is 2.36. The van der Waals surface area contributed by atoms with Gasteiger partial charge in [0.1, 0.15) is 6.61 Å². The second-order valence-corrected chi connectivity index (χ2v) is 5.55. The van der Waals surface area contributed by atoms with Crippen LogP contribution in [-0.4, -0.2) is 0 Å². The Morgan fingerprint density at radius 2 is 1.52 bits per heavy atom. The summed E-state index contributed by atoms with van der Waals surface area (Å²) in [5, 5.41) is 0.582. The Bertz CT molecular complexity index is 619. The third kappa shape index (κ3) is 4.22. The number of halogens is 5. The van der Waals surface area contributed by atoms with Gasteiger partial charge in [-0.25, -0.2) is 0 Å². The monoisotopic (exact) mass is 352 g/mol. The van der Waals surface area contributed by atoms with Crippen molar-refractivity contribution in [2.75, 3.05) is 0 Å². The third-order valence-electron chi connectivity index (χ3n) is 2.65. The summed E-state index contributed by atoms with van der Waals surface area (Å²) in [6.07, 6.45) is -4.35. The van der Waals surface area contributed by atoms with E-state index >= 15 is 0 Å². The van der Waals surface area contributed by atoms with Crippen molar-refractivity contribution in [3.63, 3.8) is 0 Å². The Hall–Kier alpha value is -1.04. The molecule has 0 aromatic heterocycles. The van der Waals surface area contributed by atoms with Gasteiger partial charge in [0, 0.05) is 4.90 Å². The van der Waals surface area contributed by atoms with Gasteiger partial charge in [-0.1, -0.05) is 35.3 Å². The maximum atomic E-state index is 12.4. The Kier molecular flexibility index (Phi) is 4.96. The zero-order valence-electron chi connectivity index (χ0n) is 10.4. The van der Waals surface area contributed by atoms with Gasteiger partial charge in [-0.05, 0) is 29.8 Å². The van der Waals surface area contributed by atoms with E-state index in [4.69, 9.17) is 27.9 Å². The van der Waals surface area contributed by atoms with Gasteiger partial charge in [0.2, 0.25) is 0 Å². The molecule has 0 radical (unpaired) electrons. The van der Waals surface area contributed by atoms with Crippen molar-refractivity contribution in [2.24, 2.45) is 0 Å². The van der Waals surface area contributed by atoms with Crippen LogP contribution in [0.3, 0.4) is 0 Å². The molecular weight excluding hydrogens is 344 g/mol. The molecular formula is C14H9Cl2F3OS. The predicted molar refractivity (Wildman–Crippen MR) is 79.5 cm³/mol. The van der Waals surface area contributed by atoms with Crippen LogP contribution in [0.2, 0.25) is 10.0 Å². The van der Waals surface area contributed by atoms with Crippen LogP contribution in [0, 0.1) is 0 Å². The van der Waals surface area contributed by atoms with Crippen LogP contribution in [0.1, 0.15) is 11.1 Å². The van der Waals surface area contributed by atoms with Crippen molar-refractivity contribution >= 4 is 35.8 Å². The minimum absolute atomic E-state index is 0.0590. The molecule has 0 atom stereocenters. The van der Waals surface area contributed by atoms with E-state index < -0.39 is 11.7 Å². The normalized spacial score (nSPS) is 11.5. The van der Waals surface area contributed by atoms with Gasteiger partial charge >= 0.3 is 6.18 Å². The van der Waals surface area contributed by atoms with E-state index in [1.807, 2.05) is 0 Å². The summed E-state index contributed by atoms with van der Waals surface area (Å²) < 4.78 is 42.8. The van der Waals surface area contributed by atoms with Crippen LogP contribution >= 0.6 is 35.8 Å². The Morgan fingerprint density at radius 3 is 2.00 bits per heavy atom. The predicted octanol–water partition coefficient (Wildman–Crippen LogP) is 5.88. The van der Waals surface area contributed by atoms with Crippen LogP contribution in [-0.2, 0) is 12.8 Å². The van der Waals surface area contributed by atoms with Crippen molar-refractivity contribution < 1.29 is 17.9 Å². The van der Waals surface area contributed by atoms with Gasteiger partial charge in [-0.2, -0.15) is 13.2 Å². The first kappa shape index (κ1) is 16.3. The molecule has 0 aliphatic heterocycles. The molecule has 0 amide bonds. The van der Waals surface area contributed by atoms with Crippen LogP contribution < -0.4 is 4.74 Å². The minimum Gasteiger partial charge on any atom is -0.486 e. The van der Waals surface area contributed by atoms with Crippen molar-refractivity contribution in [2.45, 2.75) is 17.7 Å². The number of thiol groups is 1. The summed E-state index contributed by atoms with van der Waals surface area (Å²) >= 11 is 16.1. The molecule has 0 aliphatic carbocycles. The molecule has 0 unspecified atom stereocenters. The first-order valence-electron chi connectivity index (χ1n) is 5.74. The number of hydrogen-bond donors (Lipinski definition) is 1. The maximum absolute atomic E-state index is 12.4. The molecule has 0 heterocycles. The van der Waals surface area contributed by atoms with Crippen molar-refractivity contribution in [3.05, 3.63) is 57.6 Å². The minimum atomic E-state index is -4.35. The van der Waals surface area contributed by atoms with Gasteiger partial charge in [0.15, 0.2) is 5.75 Å². The molecule has 0 saturated carbocycles. The molecule has 0 N–H and O–H groups in total. The lowest BCUT2D eigenvalue weighted by atomic mass is 10.1. The molecule has 0 aliphatic rings. The average Bonchev–Trinajstić information content (AvgIpc) is 2.37. The van der Waals surface area contributed by atoms with Crippen molar-refractivity contribution in [1.82, 2.24) is 0 Å². The van der Waals surface area contributed by atoms with Gasteiger partial charge in [-0.3, -0.25) is 0 Å². The van der Waals surface area contributed by atoms with E-state index in [1.165, 1.54) is 12.1 Å². The molecule has 1 nitrogen and oxygen atoms in total. The third-order valence-corrected chi connectivity index (χ3v) is 3.47. The SMILES string of the molecule is FC(F)(F)c1ccc(COc2c(Cl)cc(S)cc2Cl)cc1. The molecule has 2 rings (SSSR count). The fraction of sp³-hybridized carbons (Fsp3) is 0.143. The van der Waals surface area contributed by atoms with E-state index in [0.717, 1.165) is 12.1 Å². The molecule has 0 spiro atoms. The summed E-state index contributed by atoms with van der Waals surface area (Å²) in [6, 6.07) is 7.82. The number of alkyl halides is 3. The van der Waals surface area contributed by atoms with Gasteiger partial charge in [0.25, 0.3) is 0 Å². The van der Waals surface area contributed by atoms with E-state index in [-0.39, 0.29) is 12.4 Å². The molecule has 0 bridgehead atoms. The lowest BCUT2D eigenvalue weighted by Crippen LogP contribution is -2.05. The zero-order chi connectivity index (χ0) is 15.6. The molecule has 0 saturated heterocycles. The molecule has 21 heavy (non-hydrogen) atoms.